The Morgan fingerprint density at radius 3 is 2.69 bits per heavy atom. The number of para-hydroxylation sites is 1. The molecule has 0 aliphatic heterocycles. The lowest BCUT2D eigenvalue weighted by Gasteiger charge is -2.05. The smallest absolute Gasteiger partial charge is 0.356 e. The van der Waals surface area contributed by atoms with E-state index < -0.39 is 5.97 Å². The Bertz CT molecular complexity index is 549. The highest BCUT2D eigenvalue weighted by Crippen LogP contribution is 2.18. The third kappa shape index (κ3) is 1.95. The zero-order valence-corrected chi connectivity index (χ0v) is 10.7. The molecule has 0 atom stereocenters. The lowest BCUT2D eigenvalue weighted by Crippen LogP contribution is -2.03. The molecule has 0 bridgehead atoms. The van der Waals surface area contributed by atoms with Gasteiger partial charge >= 0.3 is 5.97 Å². The molecule has 0 spiro atoms. The molecule has 0 saturated heterocycles. The van der Waals surface area contributed by atoms with Crippen LogP contribution in [0.4, 0.5) is 0 Å². The number of benzene rings is 1. The maximum atomic E-state index is 10.8. The topological polar surface area (TPSA) is 55.1 Å². The number of aryl methyl sites for hydroxylation is 1. The predicted octanol–water partition coefficient (Wildman–Crippen LogP) is 2.48. The van der Waals surface area contributed by atoms with Gasteiger partial charge < -0.3 is 5.11 Å². The van der Waals surface area contributed by atoms with Crippen molar-refractivity contribution in [2.75, 3.05) is 0 Å². The summed E-state index contributed by atoms with van der Waals surface area (Å²) in [4.78, 5) is 10.8. The second-order valence-electron chi connectivity index (χ2n) is 3.34. The highest BCUT2D eigenvalue weighted by Gasteiger charge is 2.12. The van der Waals surface area contributed by atoms with Crippen LogP contribution in [0.2, 0.25) is 0 Å². The molecule has 2 aromatic rings. The molecule has 2 rings (SSSR count). The van der Waals surface area contributed by atoms with Gasteiger partial charge in [0.2, 0.25) is 0 Å². The SMILES string of the molecule is Cc1cc(C(=O)O)nn1-c1ccccc1I. The van der Waals surface area contributed by atoms with E-state index in [0.717, 1.165) is 15.0 Å². The molecule has 0 aliphatic carbocycles. The van der Waals surface area contributed by atoms with Crippen molar-refractivity contribution in [3.8, 4) is 5.69 Å². The fourth-order valence-corrected chi connectivity index (χ4v) is 2.06. The Balaban J connectivity index is 2.57. The maximum Gasteiger partial charge on any atom is 0.356 e. The Kier molecular flexibility index (Phi) is 2.95. The molecule has 0 unspecified atom stereocenters. The van der Waals surface area contributed by atoms with Gasteiger partial charge in [-0.3, -0.25) is 0 Å². The van der Waals surface area contributed by atoms with Gasteiger partial charge in [-0.15, -0.1) is 0 Å². The Hall–Kier alpha value is -1.37. The number of carboxylic acid groups (broad SMARTS) is 1. The minimum absolute atomic E-state index is 0.0668. The minimum atomic E-state index is -1.01. The van der Waals surface area contributed by atoms with Crippen LogP contribution < -0.4 is 0 Å². The molecule has 1 aromatic carbocycles. The van der Waals surface area contributed by atoms with Gasteiger partial charge in [0, 0.05) is 9.26 Å². The van der Waals surface area contributed by atoms with Crippen LogP contribution in [-0.4, -0.2) is 20.9 Å². The highest BCUT2D eigenvalue weighted by molar-refractivity contribution is 14.1. The number of aromatic nitrogens is 2. The van der Waals surface area contributed by atoms with Crippen molar-refractivity contribution in [2.24, 2.45) is 0 Å². The molecule has 5 heteroatoms. The summed E-state index contributed by atoms with van der Waals surface area (Å²) in [6.07, 6.45) is 0. The summed E-state index contributed by atoms with van der Waals surface area (Å²) in [6.45, 7) is 1.84. The predicted molar refractivity (Wildman–Crippen MR) is 68.0 cm³/mol. The zero-order chi connectivity index (χ0) is 11.7. The van der Waals surface area contributed by atoms with Crippen LogP contribution in [0, 0.1) is 10.5 Å². The summed E-state index contributed by atoms with van der Waals surface area (Å²) < 4.78 is 2.67. The number of carboxylic acids is 1. The number of carbonyl (C=O) groups is 1. The van der Waals surface area contributed by atoms with Crippen LogP contribution in [0.25, 0.3) is 5.69 Å². The first-order valence-electron chi connectivity index (χ1n) is 4.64. The Morgan fingerprint density at radius 1 is 1.44 bits per heavy atom. The van der Waals surface area contributed by atoms with Crippen molar-refractivity contribution in [3.63, 3.8) is 0 Å². The van der Waals surface area contributed by atoms with Gasteiger partial charge in [0.05, 0.1) is 5.69 Å². The Morgan fingerprint density at radius 2 is 2.12 bits per heavy atom. The summed E-state index contributed by atoms with van der Waals surface area (Å²) >= 11 is 2.20. The first-order chi connectivity index (χ1) is 7.59. The van der Waals surface area contributed by atoms with Crippen molar-refractivity contribution in [3.05, 3.63) is 45.3 Å². The second kappa shape index (κ2) is 4.25. The second-order valence-corrected chi connectivity index (χ2v) is 4.50. The fraction of sp³-hybridized carbons (Fsp3) is 0.0909. The van der Waals surface area contributed by atoms with Crippen LogP contribution in [0.1, 0.15) is 16.2 Å². The van der Waals surface area contributed by atoms with Gasteiger partial charge in [-0.05, 0) is 47.7 Å². The normalized spacial score (nSPS) is 10.4. The molecule has 0 aliphatic rings. The van der Waals surface area contributed by atoms with Crippen LogP contribution in [0.15, 0.2) is 30.3 Å². The van der Waals surface area contributed by atoms with Gasteiger partial charge in [-0.25, -0.2) is 9.48 Å². The number of rotatable bonds is 2. The molecular weight excluding hydrogens is 319 g/mol. The largest absolute Gasteiger partial charge is 0.476 e. The summed E-state index contributed by atoms with van der Waals surface area (Å²) in [7, 11) is 0. The molecule has 0 amide bonds. The van der Waals surface area contributed by atoms with Crippen LogP contribution in [0.5, 0.6) is 0 Å². The van der Waals surface area contributed by atoms with Gasteiger partial charge in [0.15, 0.2) is 5.69 Å². The summed E-state index contributed by atoms with van der Waals surface area (Å²) in [5.74, 6) is -1.01. The molecule has 0 saturated carbocycles. The van der Waals surface area contributed by atoms with E-state index in [-0.39, 0.29) is 5.69 Å². The number of nitrogens with zero attached hydrogens (tertiary/aromatic N) is 2. The summed E-state index contributed by atoms with van der Waals surface area (Å²) in [5, 5.41) is 12.9. The monoisotopic (exact) mass is 328 g/mol. The maximum absolute atomic E-state index is 10.8. The van der Waals surface area contributed by atoms with Crippen LogP contribution in [0.3, 0.4) is 0 Å². The number of hydrogen-bond acceptors (Lipinski definition) is 2. The fourth-order valence-electron chi connectivity index (χ4n) is 1.45. The van der Waals surface area contributed by atoms with E-state index in [4.69, 9.17) is 5.11 Å². The number of hydrogen-bond donors (Lipinski definition) is 1. The van der Waals surface area contributed by atoms with Gasteiger partial charge in [0.1, 0.15) is 0 Å². The molecule has 82 valence electrons. The summed E-state index contributed by atoms with van der Waals surface area (Å²) in [6, 6.07) is 9.26. The van der Waals surface area contributed by atoms with E-state index in [1.165, 1.54) is 0 Å². The highest BCUT2D eigenvalue weighted by atomic mass is 127. The molecule has 1 N–H and O–H groups in total. The van der Waals surface area contributed by atoms with Crippen molar-refractivity contribution in [2.45, 2.75) is 6.92 Å². The first kappa shape index (κ1) is 11.1. The molecule has 16 heavy (non-hydrogen) atoms. The van der Waals surface area contributed by atoms with E-state index in [9.17, 15) is 4.79 Å². The quantitative estimate of drug-likeness (QED) is 0.862. The number of aromatic carboxylic acids is 1. The van der Waals surface area contributed by atoms with Crippen molar-refractivity contribution in [1.29, 1.82) is 0 Å². The lowest BCUT2D eigenvalue weighted by molar-refractivity contribution is 0.0690. The molecule has 1 heterocycles. The molecular formula is C11H9IN2O2. The van der Waals surface area contributed by atoms with Crippen molar-refractivity contribution < 1.29 is 9.90 Å². The first-order valence-corrected chi connectivity index (χ1v) is 5.72. The minimum Gasteiger partial charge on any atom is -0.476 e. The van der Waals surface area contributed by atoms with E-state index in [1.54, 1.807) is 10.7 Å². The lowest BCUT2D eigenvalue weighted by atomic mass is 10.3. The van der Waals surface area contributed by atoms with Gasteiger partial charge in [-0.1, -0.05) is 12.1 Å². The molecule has 0 fully saturated rings. The van der Waals surface area contributed by atoms with E-state index in [2.05, 4.69) is 27.7 Å². The summed E-state index contributed by atoms with van der Waals surface area (Å²) in [5.41, 5.74) is 1.77. The van der Waals surface area contributed by atoms with Gasteiger partial charge in [-0.2, -0.15) is 5.10 Å². The molecule has 0 radical (unpaired) electrons. The average molecular weight is 328 g/mol. The molecule has 4 nitrogen and oxygen atoms in total. The van der Waals surface area contributed by atoms with E-state index >= 15 is 0 Å². The van der Waals surface area contributed by atoms with Crippen LogP contribution >= 0.6 is 22.6 Å². The standard InChI is InChI=1S/C11H9IN2O2/c1-7-6-9(11(15)16)13-14(7)10-5-3-2-4-8(10)12/h2-6H,1H3,(H,15,16). The van der Waals surface area contributed by atoms with Crippen LogP contribution in [-0.2, 0) is 0 Å². The third-order valence-corrected chi connectivity index (χ3v) is 3.10. The molecule has 1 aromatic heterocycles. The Labute approximate surface area is 106 Å². The third-order valence-electron chi connectivity index (χ3n) is 2.19. The van der Waals surface area contributed by atoms with Gasteiger partial charge in [0.25, 0.3) is 0 Å². The van der Waals surface area contributed by atoms with Crippen molar-refractivity contribution >= 4 is 28.6 Å². The zero-order valence-electron chi connectivity index (χ0n) is 8.51. The average Bonchev–Trinajstić information content (AvgIpc) is 2.61. The van der Waals surface area contributed by atoms with Crippen molar-refractivity contribution in [1.82, 2.24) is 9.78 Å². The number of halogens is 1. The van der Waals surface area contributed by atoms with E-state index in [1.807, 2.05) is 31.2 Å². The van der Waals surface area contributed by atoms with E-state index in [0.29, 0.717) is 0 Å².